The van der Waals surface area contributed by atoms with Gasteiger partial charge in [0.2, 0.25) is 5.91 Å². The number of sulfone groups is 1. The normalized spacial score (nSPS) is 15.8. The Morgan fingerprint density at radius 2 is 1.39 bits per heavy atom. The van der Waals surface area contributed by atoms with Crippen molar-refractivity contribution in [3.63, 3.8) is 0 Å². The van der Waals surface area contributed by atoms with E-state index in [1.807, 2.05) is 0 Å². The van der Waals surface area contributed by atoms with Crippen LogP contribution in [0.25, 0.3) is 0 Å². The minimum atomic E-state index is -3.52. The third kappa shape index (κ3) is 4.20. The molecule has 0 aromatic heterocycles. The summed E-state index contributed by atoms with van der Waals surface area (Å²) in [7, 11) is -3.52. The Hall–Kier alpha value is -2.38. The lowest BCUT2D eigenvalue weighted by Crippen LogP contribution is -2.47. The van der Waals surface area contributed by atoms with Crippen LogP contribution in [0.2, 0.25) is 5.02 Å². The molecule has 8 heteroatoms. The fraction of sp³-hybridized carbons (Fsp3) is 0.300. The highest BCUT2D eigenvalue weighted by Gasteiger charge is 2.49. The van der Waals surface area contributed by atoms with Gasteiger partial charge in [0.1, 0.15) is 0 Å². The van der Waals surface area contributed by atoms with Gasteiger partial charge >= 0.3 is 0 Å². The van der Waals surface area contributed by atoms with Gasteiger partial charge in [-0.2, -0.15) is 0 Å². The van der Waals surface area contributed by atoms with Crippen molar-refractivity contribution < 1.29 is 18.0 Å². The predicted molar refractivity (Wildman–Crippen MR) is 111 cm³/mol. The first-order chi connectivity index (χ1) is 13.2. The number of hydrogen-bond donors (Lipinski definition) is 2. The molecular weight excluding hydrogens is 400 g/mol. The molecule has 0 atom stereocenters. The van der Waals surface area contributed by atoms with Crippen LogP contribution in [-0.4, -0.2) is 31.2 Å². The largest absolute Gasteiger partial charge is 0.325 e. The second kappa shape index (κ2) is 7.93. The maximum atomic E-state index is 12.7. The average molecular weight is 421 g/mol. The van der Waals surface area contributed by atoms with Gasteiger partial charge in [0.25, 0.3) is 5.91 Å². The van der Waals surface area contributed by atoms with E-state index in [1.54, 1.807) is 48.5 Å². The first-order valence-corrected chi connectivity index (χ1v) is 11.2. The zero-order valence-electron chi connectivity index (χ0n) is 15.4. The SMILES string of the molecule is CS(=O)(=O)C1(C(=O)Nc2ccc(NC(=O)c3ccc(Cl)cc3)cc2)CCCC1. The quantitative estimate of drug-likeness (QED) is 0.767. The monoisotopic (exact) mass is 420 g/mol. The minimum Gasteiger partial charge on any atom is -0.325 e. The molecule has 1 saturated carbocycles. The third-order valence-electron chi connectivity index (χ3n) is 5.04. The Morgan fingerprint density at radius 1 is 0.893 bits per heavy atom. The molecule has 1 fully saturated rings. The summed E-state index contributed by atoms with van der Waals surface area (Å²) < 4.78 is 23.1. The highest BCUT2D eigenvalue weighted by atomic mass is 35.5. The molecule has 28 heavy (non-hydrogen) atoms. The topological polar surface area (TPSA) is 92.3 Å². The van der Waals surface area contributed by atoms with E-state index in [9.17, 15) is 18.0 Å². The van der Waals surface area contributed by atoms with Crippen molar-refractivity contribution >= 4 is 44.6 Å². The second-order valence-corrected chi connectivity index (χ2v) is 9.73. The van der Waals surface area contributed by atoms with Gasteiger partial charge in [-0.25, -0.2) is 8.42 Å². The number of nitrogens with one attached hydrogen (secondary N) is 2. The lowest BCUT2D eigenvalue weighted by atomic mass is 10.1. The number of anilines is 2. The average Bonchev–Trinajstić information content (AvgIpc) is 3.15. The molecule has 1 aliphatic carbocycles. The molecular formula is C20H21ClN2O4S. The van der Waals surface area contributed by atoms with E-state index in [0.717, 1.165) is 19.1 Å². The van der Waals surface area contributed by atoms with Crippen LogP contribution in [0.15, 0.2) is 48.5 Å². The summed E-state index contributed by atoms with van der Waals surface area (Å²) in [6, 6.07) is 13.1. The molecule has 0 spiro atoms. The first-order valence-electron chi connectivity index (χ1n) is 8.89. The van der Waals surface area contributed by atoms with Crippen LogP contribution >= 0.6 is 11.6 Å². The van der Waals surface area contributed by atoms with Crippen LogP contribution in [0.4, 0.5) is 11.4 Å². The summed E-state index contributed by atoms with van der Waals surface area (Å²) in [6.45, 7) is 0. The maximum Gasteiger partial charge on any atom is 0.255 e. The van der Waals surface area contributed by atoms with Crippen molar-refractivity contribution in [3.8, 4) is 0 Å². The summed E-state index contributed by atoms with van der Waals surface area (Å²) in [5.74, 6) is -0.777. The number of carbonyl (C=O) groups is 2. The molecule has 0 radical (unpaired) electrons. The van der Waals surface area contributed by atoms with Gasteiger partial charge in [0.15, 0.2) is 14.6 Å². The summed E-state index contributed by atoms with van der Waals surface area (Å²) in [5, 5.41) is 6.01. The maximum absolute atomic E-state index is 12.7. The molecule has 2 aromatic rings. The van der Waals surface area contributed by atoms with Gasteiger partial charge < -0.3 is 10.6 Å². The van der Waals surface area contributed by atoms with Crippen LogP contribution in [0.1, 0.15) is 36.0 Å². The second-order valence-electron chi connectivity index (χ2n) is 6.97. The number of carbonyl (C=O) groups excluding carboxylic acids is 2. The van der Waals surface area contributed by atoms with E-state index in [-0.39, 0.29) is 5.91 Å². The number of benzene rings is 2. The molecule has 0 bridgehead atoms. The van der Waals surface area contributed by atoms with Gasteiger partial charge in [-0.1, -0.05) is 24.4 Å². The Labute approximate surface area is 169 Å². The van der Waals surface area contributed by atoms with E-state index in [0.29, 0.717) is 34.8 Å². The smallest absolute Gasteiger partial charge is 0.255 e. The Kier molecular flexibility index (Phi) is 5.76. The standard InChI is InChI=1S/C20H21ClN2O4S/c1-28(26,27)20(12-2-3-13-20)19(25)23-17-10-8-16(9-11-17)22-18(24)14-4-6-15(21)7-5-14/h4-11H,2-3,12-13H2,1H3,(H,22,24)(H,23,25). The van der Waals surface area contributed by atoms with E-state index in [4.69, 9.17) is 11.6 Å². The van der Waals surface area contributed by atoms with Gasteiger partial charge in [-0.15, -0.1) is 0 Å². The Bertz CT molecular complexity index is 980. The molecule has 3 rings (SSSR count). The zero-order chi connectivity index (χ0) is 20.4. The fourth-order valence-electron chi connectivity index (χ4n) is 3.40. The van der Waals surface area contributed by atoms with Gasteiger partial charge in [0.05, 0.1) is 0 Å². The molecule has 0 aliphatic heterocycles. The van der Waals surface area contributed by atoms with E-state index < -0.39 is 20.5 Å². The molecule has 0 saturated heterocycles. The summed E-state index contributed by atoms with van der Waals surface area (Å²) in [4.78, 5) is 24.9. The van der Waals surface area contributed by atoms with Crippen molar-refractivity contribution in [1.82, 2.24) is 0 Å². The van der Waals surface area contributed by atoms with Crippen molar-refractivity contribution in [2.75, 3.05) is 16.9 Å². The summed E-state index contributed by atoms with van der Waals surface area (Å²) >= 11 is 5.82. The third-order valence-corrected chi connectivity index (χ3v) is 7.31. The van der Waals surface area contributed by atoms with E-state index in [2.05, 4.69) is 10.6 Å². The molecule has 6 nitrogen and oxygen atoms in total. The fourth-order valence-corrected chi connectivity index (χ4v) is 4.94. The Balaban J connectivity index is 1.68. The lowest BCUT2D eigenvalue weighted by molar-refractivity contribution is -0.118. The van der Waals surface area contributed by atoms with Crippen molar-refractivity contribution in [2.45, 2.75) is 30.4 Å². The van der Waals surface area contributed by atoms with Gasteiger partial charge in [-0.05, 0) is 61.4 Å². The number of amides is 2. The van der Waals surface area contributed by atoms with Crippen molar-refractivity contribution in [3.05, 3.63) is 59.1 Å². The molecule has 0 unspecified atom stereocenters. The van der Waals surface area contributed by atoms with Crippen LogP contribution in [0.3, 0.4) is 0 Å². The van der Waals surface area contributed by atoms with E-state index >= 15 is 0 Å². The molecule has 0 heterocycles. The number of halogens is 1. The predicted octanol–water partition coefficient (Wildman–Crippen LogP) is 3.89. The highest BCUT2D eigenvalue weighted by molar-refractivity contribution is 7.92. The Morgan fingerprint density at radius 3 is 1.89 bits per heavy atom. The number of rotatable bonds is 5. The molecule has 2 aromatic carbocycles. The highest BCUT2D eigenvalue weighted by Crippen LogP contribution is 2.37. The molecule has 148 valence electrons. The lowest BCUT2D eigenvalue weighted by Gasteiger charge is -2.25. The molecule has 2 N–H and O–H groups in total. The van der Waals surface area contributed by atoms with Crippen LogP contribution in [-0.2, 0) is 14.6 Å². The van der Waals surface area contributed by atoms with Crippen LogP contribution in [0.5, 0.6) is 0 Å². The van der Waals surface area contributed by atoms with Crippen molar-refractivity contribution in [1.29, 1.82) is 0 Å². The van der Waals surface area contributed by atoms with Gasteiger partial charge in [0, 0.05) is 28.2 Å². The minimum absolute atomic E-state index is 0.282. The van der Waals surface area contributed by atoms with Gasteiger partial charge in [-0.3, -0.25) is 9.59 Å². The zero-order valence-corrected chi connectivity index (χ0v) is 16.9. The number of hydrogen-bond acceptors (Lipinski definition) is 4. The first kappa shape index (κ1) is 20.4. The molecule has 1 aliphatic rings. The van der Waals surface area contributed by atoms with Crippen LogP contribution in [0, 0.1) is 0 Å². The van der Waals surface area contributed by atoms with E-state index in [1.165, 1.54) is 0 Å². The van der Waals surface area contributed by atoms with Crippen LogP contribution < -0.4 is 10.6 Å². The summed E-state index contributed by atoms with van der Waals surface area (Å²) in [6.07, 6.45) is 3.24. The molecule has 2 amide bonds. The van der Waals surface area contributed by atoms with Crippen molar-refractivity contribution in [2.24, 2.45) is 0 Å². The summed E-state index contributed by atoms with van der Waals surface area (Å²) in [5.41, 5.74) is 1.50.